The second-order valence-electron chi connectivity index (χ2n) is 3.83. The Bertz CT molecular complexity index is 240. The summed E-state index contributed by atoms with van der Waals surface area (Å²) >= 11 is 1.82. The summed E-state index contributed by atoms with van der Waals surface area (Å²) in [7, 11) is 4.26. The number of hydrogen-bond acceptors (Lipinski definition) is 3. The lowest BCUT2D eigenvalue weighted by molar-refractivity contribution is 0.214. The molecule has 0 fully saturated rings. The molecule has 0 saturated heterocycles. The van der Waals surface area contributed by atoms with Crippen LogP contribution in [-0.4, -0.2) is 25.5 Å². The van der Waals surface area contributed by atoms with Crippen LogP contribution in [0.25, 0.3) is 0 Å². The Labute approximate surface area is 90.7 Å². The van der Waals surface area contributed by atoms with Crippen molar-refractivity contribution in [2.24, 2.45) is 11.7 Å². The topological polar surface area (TPSA) is 29.3 Å². The molecule has 1 aromatic heterocycles. The second kappa shape index (κ2) is 5.49. The lowest BCUT2D eigenvalue weighted by Crippen LogP contribution is -2.31. The van der Waals surface area contributed by atoms with Crippen LogP contribution in [0.1, 0.15) is 24.3 Å². The molecule has 1 aromatic rings. The molecule has 0 saturated carbocycles. The summed E-state index contributed by atoms with van der Waals surface area (Å²) in [6.07, 6.45) is 1.14. The van der Waals surface area contributed by atoms with Crippen molar-refractivity contribution < 1.29 is 0 Å². The Morgan fingerprint density at radius 2 is 2.21 bits per heavy atom. The Kier molecular flexibility index (Phi) is 4.58. The number of nitrogens with two attached hydrogens (primary N) is 1. The zero-order chi connectivity index (χ0) is 10.6. The van der Waals surface area contributed by atoms with E-state index < -0.39 is 0 Å². The highest BCUT2D eigenvalue weighted by Gasteiger charge is 2.23. The molecule has 2 atom stereocenters. The predicted octanol–water partition coefficient (Wildman–Crippen LogP) is 2.34. The SMILES string of the molecule is CCC(CN)C(c1cccs1)N(C)C. The quantitative estimate of drug-likeness (QED) is 0.811. The summed E-state index contributed by atoms with van der Waals surface area (Å²) in [5.74, 6) is 0.559. The molecule has 0 radical (unpaired) electrons. The van der Waals surface area contributed by atoms with E-state index in [-0.39, 0.29) is 0 Å². The summed E-state index contributed by atoms with van der Waals surface area (Å²) in [4.78, 5) is 3.69. The molecule has 80 valence electrons. The molecule has 2 N–H and O–H groups in total. The number of rotatable bonds is 5. The average Bonchev–Trinajstić information content (AvgIpc) is 2.65. The monoisotopic (exact) mass is 212 g/mol. The van der Waals surface area contributed by atoms with Crippen LogP contribution in [0.4, 0.5) is 0 Å². The number of hydrogen-bond donors (Lipinski definition) is 1. The smallest absolute Gasteiger partial charge is 0.0475 e. The van der Waals surface area contributed by atoms with Gasteiger partial charge in [-0.3, -0.25) is 0 Å². The highest BCUT2D eigenvalue weighted by Crippen LogP contribution is 2.31. The first kappa shape index (κ1) is 11.7. The average molecular weight is 212 g/mol. The van der Waals surface area contributed by atoms with Crippen molar-refractivity contribution in [1.29, 1.82) is 0 Å². The lowest BCUT2D eigenvalue weighted by Gasteiger charge is -2.30. The van der Waals surface area contributed by atoms with Crippen LogP contribution in [-0.2, 0) is 0 Å². The van der Waals surface area contributed by atoms with Gasteiger partial charge in [0.2, 0.25) is 0 Å². The summed E-state index contributed by atoms with van der Waals surface area (Å²) < 4.78 is 0. The second-order valence-corrected chi connectivity index (χ2v) is 4.81. The van der Waals surface area contributed by atoms with Crippen LogP contribution in [0.3, 0.4) is 0 Å². The van der Waals surface area contributed by atoms with Crippen molar-refractivity contribution in [3.05, 3.63) is 22.4 Å². The van der Waals surface area contributed by atoms with Gasteiger partial charge >= 0.3 is 0 Å². The van der Waals surface area contributed by atoms with E-state index in [4.69, 9.17) is 5.73 Å². The highest BCUT2D eigenvalue weighted by molar-refractivity contribution is 7.10. The van der Waals surface area contributed by atoms with Gasteiger partial charge in [0.15, 0.2) is 0 Å². The zero-order valence-corrected chi connectivity index (χ0v) is 10.1. The van der Waals surface area contributed by atoms with Gasteiger partial charge in [0, 0.05) is 10.9 Å². The first-order chi connectivity index (χ1) is 6.70. The number of thiophene rings is 1. The van der Waals surface area contributed by atoms with Gasteiger partial charge in [0.1, 0.15) is 0 Å². The van der Waals surface area contributed by atoms with Crippen molar-refractivity contribution >= 4 is 11.3 Å². The van der Waals surface area contributed by atoms with Crippen molar-refractivity contribution in [1.82, 2.24) is 4.90 Å². The van der Waals surface area contributed by atoms with Crippen molar-refractivity contribution in [2.45, 2.75) is 19.4 Å². The molecule has 14 heavy (non-hydrogen) atoms. The fraction of sp³-hybridized carbons (Fsp3) is 0.636. The predicted molar refractivity (Wildman–Crippen MR) is 63.6 cm³/mol. The third-order valence-corrected chi connectivity index (χ3v) is 3.61. The fourth-order valence-electron chi connectivity index (χ4n) is 1.89. The zero-order valence-electron chi connectivity index (χ0n) is 9.23. The molecule has 0 amide bonds. The normalized spacial score (nSPS) is 15.8. The minimum Gasteiger partial charge on any atom is -0.330 e. The molecule has 1 rings (SSSR count). The molecular formula is C11H20N2S. The van der Waals surface area contributed by atoms with Crippen molar-refractivity contribution in [2.75, 3.05) is 20.6 Å². The van der Waals surface area contributed by atoms with Crippen molar-refractivity contribution in [3.63, 3.8) is 0 Å². The summed E-state index contributed by atoms with van der Waals surface area (Å²) in [6.45, 7) is 2.97. The van der Waals surface area contributed by atoms with Gasteiger partial charge < -0.3 is 10.6 Å². The van der Waals surface area contributed by atoms with E-state index in [9.17, 15) is 0 Å². The Morgan fingerprint density at radius 3 is 2.57 bits per heavy atom. The Morgan fingerprint density at radius 1 is 1.50 bits per heavy atom. The molecule has 0 aromatic carbocycles. The van der Waals surface area contributed by atoms with Gasteiger partial charge in [0.05, 0.1) is 0 Å². The summed E-state index contributed by atoms with van der Waals surface area (Å²) in [6, 6.07) is 4.79. The standard InChI is InChI=1S/C11H20N2S/c1-4-9(8-12)11(13(2)3)10-6-5-7-14-10/h5-7,9,11H,4,8,12H2,1-3H3. The van der Waals surface area contributed by atoms with E-state index in [1.165, 1.54) is 4.88 Å². The molecule has 0 aliphatic rings. The molecule has 0 bridgehead atoms. The number of nitrogens with zero attached hydrogens (tertiary/aromatic N) is 1. The molecular weight excluding hydrogens is 192 g/mol. The molecule has 3 heteroatoms. The molecule has 0 aliphatic carbocycles. The lowest BCUT2D eigenvalue weighted by atomic mass is 9.95. The Hall–Kier alpha value is -0.380. The molecule has 2 unspecified atom stereocenters. The minimum absolute atomic E-state index is 0.477. The van der Waals surface area contributed by atoms with Crippen molar-refractivity contribution in [3.8, 4) is 0 Å². The third-order valence-electron chi connectivity index (χ3n) is 2.66. The van der Waals surface area contributed by atoms with Gasteiger partial charge in [-0.2, -0.15) is 0 Å². The molecule has 0 spiro atoms. The maximum atomic E-state index is 5.81. The maximum Gasteiger partial charge on any atom is 0.0475 e. The van der Waals surface area contributed by atoms with Crippen LogP contribution < -0.4 is 5.73 Å². The summed E-state index contributed by atoms with van der Waals surface area (Å²) in [5.41, 5.74) is 5.81. The van der Waals surface area contributed by atoms with Crippen LogP contribution in [0.2, 0.25) is 0 Å². The van der Waals surface area contributed by atoms with Gasteiger partial charge in [-0.25, -0.2) is 0 Å². The highest BCUT2D eigenvalue weighted by atomic mass is 32.1. The van der Waals surface area contributed by atoms with E-state index in [1.807, 2.05) is 11.3 Å². The van der Waals surface area contributed by atoms with Crippen LogP contribution >= 0.6 is 11.3 Å². The van der Waals surface area contributed by atoms with E-state index >= 15 is 0 Å². The molecule has 1 heterocycles. The van der Waals surface area contributed by atoms with Crippen LogP contribution in [0.5, 0.6) is 0 Å². The van der Waals surface area contributed by atoms with Crippen LogP contribution in [0, 0.1) is 5.92 Å². The first-order valence-electron chi connectivity index (χ1n) is 5.10. The first-order valence-corrected chi connectivity index (χ1v) is 5.98. The van der Waals surface area contributed by atoms with Gasteiger partial charge in [-0.05, 0) is 38.0 Å². The van der Waals surface area contributed by atoms with E-state index in [1.54, 1.807) is 0 Å². The Balaban J connectivity index is 2.84. The largest absolute Gasteiger partial charge is 0.330 e. The molecule has 0 aliphatic heterocycles. The van der Waals surface area contributed by atoms with E-state index in [2.05, 4.69) is 43.4 Å². The minimum atomic E-state index is 0.477. The third kappa shape index (κ3) is 2.56. The van der Waals surface area contributed by atoms with Gasteiger partial charge in [0.25, 0.3) is 0 Å². The maximum absolute atomic E-state index is 5.81. The van der Waals surface area contributed by atoms with Gasteiger partial charge in [-0.1, -0.05) is 19.4 Å². The molecule has 2 nitrogen and oxygen atoms in total. The van der Waals surface area contributed by atoms with Gasteiger partial charge in [-0.15, -0.1) is 11.3 Å². The fourth-order valence-corrected chi connectivity index (χ4v) is 2.90. The van der Waals surface area contributed by atoms with Crippen LogP contribution in [0.15, 0.2) is 17.5 Å². The van der Waals surface area contributed by atoms with E-state index in [0.717, 1.165) is 13.0 Å². The van der Waals surface area contributed by atoms with E-state index in [0.29, 0.717) is 12.0 Å². The summed E-state index contributed by atoms with van der Waals surface area (Å²) in [5, 5.41) is 2.13.